The van der Waals surface area contributed by atoms with Crippen molar-refractivity contribution in [3.63, 3.8) is 0 Å². The summed E-state index contributed by atoms with van der Waals surface area (Å²) in [5.41, 5.74) is 5.28. The van der Waals surface area contributed by atoms with Gasteiger partial charge >= 0.3 is 0 Å². The van der Waals surface area contributed by atoms with E-state index >= 15 is 0 Å². The van der Waals surface area contributed by atoms with Crippen LogP contribution in [0.25, 0.3) is 11.0 Å². The number of aromatic nitrogens is 2. The number of carbonyl (C=O) groups excluding carboxylic acids is 2. The summed E-state index contributed by atoms with van der Waals surface area (Å²) in [5.74, 6) is 1.46. The van der Waals surface area contributed by atoms with Crippen molar-refractivity contribution in [1.29, 1.82) is 0 Å². The average Bonchev–Trinajstić information content (AvgIpc) is 3.41. The molecule has 0 atom stereocenters. The molecule has 4 aromatic rings. The van der Waals surface area contributed by atoms with Crippen LogP contribution in [0.4, 0.5) is 11.4 Å². The Morgan fingerprint density at radius 1 is 1.00 bits per heavy atom. The lowest BCUT2D eigenvalue weighted by Crippen LogP contribution is -2.28. The van der Waals surface area contributed by atoms with Crippen LogP contribution in [0.1, 0.15) is 21.7 Å². The molecule has 0 unspecified atom stereocenters. The summed E-state index contributed by atoms with van der Waals surface area (Å²) in [7, 11) is 0. The van der Waals surface area contributed by atoms with E-state index < -0.39 is 0 Å². The lowest BCUT2D eigenvalue weighted by atomic mass is 10.1. The highest BCUT2D eigenvalue weighted by Crippen LogP contribution is 2.29. The van der Waals surface area contributed by atoms with Crippen molar-refractivity contribution >= 4 is 46.0 Å². The number of nitrogens with zero attached hydrogens (tertiary/aromatic N) is 3. The maximum atomic E-state index is 13.0. The number of para-hydroxylation sites is 3. The molecule has 0 saturated heterocycles. The van der Waals surface area contributed by atoms with Gasteiger partial charge in [0.2, 0.25) is 5.91 Å². The fraction of sp³-hybridized carbons (Fsp3) is 0.192. The third-order valence-electron chi connectivity index (χ3n) is 5.86. The summed E-state index contributed by atoms with van der Waals surface area (Å²) in [4.78, 5) is 32.3. The van der Waals surface area contributed by atoms with E-state index in [1.807, 2.05) is 58.2 Å². The first-order chi connectivity index (χ1) is 16.1. The van der Waals surface area contributed by atoms with Gasteiger partial charge in [0, 0.05) is 23.5 Å². The van der Waals surface area contributed by atoms with Gasteiger partial charge in [0.1, 0.15) is 12.4 Å². The number of imidazole rings is 1. The van der Waals surface area contributed by atoms with Crippen molar-refractivity contribution in [2.24, 2.45) is 0 Å². The van der Waals surface area contributed by atoms with E-state index in [4.69, 9.17) is 0 Å². The van der Waals surface area contributed by atoms with Crippen LogP contribution in [0.2, 0.25) is 0 Å². The van der Waals surface area contributed by atoms with Crippen LogP contribution in [0.15, 0.2) is 72.8 Å². The highest BCUT2D eigenvalue weighted by Gasteiger charge is 2.25. The molecule has 1 aliphatic heterocycles. The second-order valence-corrected chi connectivity index (χ2v) is 8.86. The quantitative estimate of drug-likeness (QED) is 0.455. The highest BCUT2D eigenvalue weighted by molar-refractivity contribution is 7.97. The van der Waals surface area contributed by atoms with Gasteiger partial charge in [-0.3, -0.25) is 9.59 Å². The molecule has 0 bridgehead atoms. The molecular formula is C26H24N4O2S. The number of thioether (sulfide) groups is 1. The third-order valence-corrected chi connectivity index (χ3v) is 6.40. The first kappa shape index (κ1) is 21.3. The summed E-state index contributed by atoms with van der Waals surface area (Å²) in [6.07, 6.45) is 2.89. The minimum atomic E-state index is -0.131. The molecule has 33 heavy (non-hydrogen) atoms. The summed E-state index contributed by atoms with van der Waals surface area (Å²) in [6.45, 7) is 0.871. The fourth-order valence-electron chi connectivity index (χ4n) is 4.29. The van der Waals surface area contributed by atoms with Crippen LogP contribution in [-0.4, -0.2) is 34.2 Å². The van der Waals surface area contributed by atoms with E-state index in [1.165, 1.54) is 5.56 Å². The standard InChI is InChI=1S/C26H24N4O2S/c1-33-17-24-28-21-7-3-5-9-23(21)30(24)16-25(31)27-20-12-10-19(11-13-20)26(32)29-15-14-18-6-2-4-8-22(18)29/h2-13H,14-17H2,1H3,(H,27,31). The van der Waals surface area contributed by atoms with E-state index in [1.54, 1.807) is 36.0 Å². The van der Waals surface area contributed by atoms with Crippen molar-refractivity contribution < 1.29 is 9.59 Å². The predicted molar refractivity (Wildman–Crippen MR) is 134 cm³/mol. The number of hydrogen-bond acceptors (Lipinski definition) is 4. The molecular weight excluding hydrogens is 432 g/mol. The molecule has 0 spiro atoms. The number of benzene rings is 3. The van der Waals surface area contributed by atoms with E-state index in [-0.39, 0.29) is 18.4 Å². The van der Waals surface area contributed by atoms with Crippen LogP contribution in [0.5, 0.6) is 0 Å². The largest absolute Gasteiger partial charge is 0.325 e. The monoisotopic (exact) mass is 456 g/mol. The number of rotatable bonds is 6. The Morgan fingerprint density at radius 3 is 2.58 bits per heavy atom. The van der Waals surface area contributed by atoms with E-state index in [0.717, 1.165) is 34.7 Å². The Balaban J connectivity index is 1.28. The number of nitrogens with one attached hydrogen (secondary N) is 1. The fourth-order valence-corrected chi connectivity index (χ4v) is 4.76. The van der Waals surface area contributed by atoms with Crippen LogP contribution in [-0.2, 0) is 23.5 Å². The maximum Gasteiger partial charge on any atom is 0.258 e. The number of anilines is 2. The molecule has 1 N–H and O–H groups in total. The maximum absolute atomic E-state index is 13.0. The smallest absolute Gasteiger partial charge is 0.258 e. The topological polar surface area (TPSA) is 67.2 Å². The third kappa shape index (κ3) is 4.24. The Hall–Kier alpha value is -3.58. The molecule has 2 heterocycles. The van der Waals surface area contributed by atoms with Crippen LogP contribution in [0.3, 0.4) is 0 Å². The molecule has 0 saturated carbocycles. The van der Waals surface area contributed by atoms with Crippen molar-refractivity contribution in [2.45, 2.75) is 18.7 Å². The molecule has 0 aliphatic carbocycles. The minimum absolute atomic E-state index is 0.0237. The molecule has 0 radical (unpaired) electrons. The molecule has 1 aromatic heterocycles. The summed E-state index contributed by atoms with van der Waals surface area (Å²) in [6, 6.07) is 23.0. The lowest BCUT2D eigenvalue weighted by molar-refractivity contribution is -0.116. The van der Waals surface area contributed by atoms with Gasteiger partial charge in [-0.2, -0.15) is 11.8 Å². The summed E-state index contributed by atoms with van der Waals surface area (Å²) >= 11 is 1.67. The average molecular weight is 457 g/mol. The zero-order chi connectivity index (χ0) is 22.8. The minimum Gasteiger partial charge on any atom is -0.325 e. The summed E-state index contributed by atoms with van der Waals surface area (Å²) in [5, 5.41) is 2.95. The predicted octanol–water partition coefficient (Wildman–Crippen LogP) is 4.74. The van der Waals surface area contributed by atoms with Gasteiger partial charge in [-0.1, -0.05) is 30.3 Å². The second-order valence-electron chi connectivity index (χ2n) is 8.00. The zero-order valence-electron chi connectivity index (χ0n) is 18.3. The number of carbonyl (C=O) groups is 2. The van der Waals surface area contributed by atoms with Crippen molar-refractivity contribution in [1.82, 2.24) is 9.55 Å². The summed E-state index contributed by atoms with van der Waals surface area (Å²) < 4.78 is 1.96. The van der Waals surface area contributed by atoms with Crippen LogP contribution < -0.4 is 10.2 Å². The van der Waals surface area contributed by atoms with Gasteiger partial charge in [0.25, 0.3) is 5.91 Å². The molecule has 5 rings (SSSR count). The van der Waals surface area contributed by atoms with Gasteiger partial charge in [-0.15, -0.1) is 0 Å². The Kier molecular flexibility index (Phi) is 5.88. The van der Waals surface area contributed by atoms with Crippen molar-refractivity contribution in [2.75, 3.05) is 23.0 Å². The van der Waals surface area contributed by atoms with Crippen molar-refractivity contribution in [3.05, 3.63) is 89.7 Å². The van der Waals surface area contributed by atoms with E-state index in [2.05, 4.69) is 16.4 Å². The first-order valence-electron chi connectivity index (χ1n) is 10.9. The number of hydrogen-bond donors (Lipinski definition) is 1. The van der Waals surface area contributed by atoms with Gasteiger partial charge in [0.15, 0.2) is 0 Å². The SMILES string of the molecule is CSCc1nc2ccccc2n1CC(=O)Nc1ccc(C(=O)N2CCc3ccccc32)cc1. The molecule has 3 aromatic carbocycles. The number of fused-ring (bicyclic) bond motifs is 2. The Labute approximate surface area is 196 Å². The van der Waals surface area contributed by atoms with Gasteiger partial charge in [-0.25, -0.2) is 4.98 Å². The second kappa shape index (κ2) is 9.11. The Bertz CT molecular complexity index is 1330. The first-order valence-corrected chi connectivity index (χ1v) is 12.3. The molecule has 1 aliphatic rings. The van der Waals surface area contributed by atoms with Gasteiger partial charge in [0.05, 0.1) is 16.8 Å². The van der Waals surface area contributed by atoms with Crippen molar-refractivity contribution in [3.8, 4) is 0 Å². The van der Waals surface area contributed by atoms with Gasteiger partial charge in [-0.05, 0) is 60.7 Å². The van der Waals surface area contributed by atoms with E-state index in [0.29, 0.717) is 17.8 Å². The zero-order valence-corrected chi connectivity index (χ0v) is 19.1. The van der Waals surface area contributed by atoms with Crippen LogP contribution in [0, 0.1) is 0 Å². The molecule has 2 amide bonds. The lowest BCUT2D eigenvalue weighted by Gasteiger charge is -2.17. The molecule has 166 valence electrons. The van der Waals surface area contributed by atoms with E-state index in [9.17, 15) is 9.59 Å². The highest BCUT2D eigenvalue weighted by atomic mass is 32.2. The van der Waals surface area contributed by atoms with Gasteiger partial charge < -0.3 is 14.8 Å². The Morgan fingerprint density at radius 2 is 1.76 bits per heavy atom. The molecule has 6 nitrogen and oxygen atoms in total. The van der Waals surface area contributed by atoms with Crippen LogP contribution >= 0.6 is 11.8 Å². The normalized spacial score (nSPS) is 12.7. The number of amides is 2. The molecule has 0 fully saturated rings. The molecule has 7 heteroatoms.